The topological polar surface area (TPSA) is 88.2 Å². The van der Waals surface area contributed by atoms with Crippen molar-refractivity contribution in [2.45, 2.75) is 39.5 Å². The van der Waals surface area contributed by atoms with E-state index < -0.39 is 5.60 Å². The Bertz CT molecular complexity index is 561. The van der Waals surface area contributed by atoms with Crippen molar-refractivity contribution in [2.24, 2.45) is 10.9 Å². The number of hydrogen-bond acceptors (Lipinski definition) is 4. The van der Waals surface area contributed by atoms with Gasteiger partial charge in [0.1, 0.15) is 5.60 Å². The van der Waals surface area contributed by atoms with Crippen molar-refractivity contribution < 1.29 is 14.7 Å². The van der Waals surface area contributed by atoms with Gasteiger partial charge >= 0.3 is 6.09 Å². The third-order valence-corrected chi connectivity index (χ3v) is 3.02. The molecule has 6 nitrogen and oxygen atoms in total. The van der Waals surface area contributed by atoms with E-state index in [0.717, 1.165) is 11.1 Å². The average molecular weight is 277 g/mol. The van der Waals surface area contributed by atoms with Crippen LogP contribution in [0.15, 0.2) is 23.4 Å². The van der Waals surface area contributed by atoms with Crippen molar-refractivity contribution >= 4 is 11.9 Å². The second-order valence-electron chi connectivity index (χ2n) is 5.76. The van der Waals surface area contributed by atoms with E-state index >= 15 is 0 Å². The number of hydrogen-bond donors (Lipinski definition) is 2. The van der Waals surface area contributed by atoms with Gasteiger partial charge in [-0.2, -0.15) is 0 Å². The zero-order valence-electron chi connectivity index (χ0n) is 11.9. The Morgan fingerprint density at radius 3 is 2.70 bits per heavy atom. The number of carbonyl (C=O) groups is 1. The van der Waals surface area contributed by atoms with Crippen LogP contribution < -0.4 is 5.73 Å². The van der Waals surface area contributed by atoms with Crippen LogP contribution in [0.3, 0.4) is 0 Å². The van der Waals surface area contributed by atoms with Crippen LogP contribution in [0.4, 0.5) is 4.79 Å². The number of nitrogens with two attached hydrogens (primary N) is 1. The molecule has 0 aliphatic carbocycles. The molecule has 1 amide bonds. The Morgan fingerprint density at radius 1 is 1.40 bits per heavy atom. The van der Waals surface area contributed by atoms with E-state index in [0.29, 0.717) is 18.7 Å². The van der Waals surface area contributed by atoms with E-state index in [9.17, 15) is 4.79 Å². The summed E-state index contributed by atoms with van der Waals surface area (Å²) >= 11 is 0. The zero-order chi connectivity index (χ0) is 14.9. The van der Waals surface area contributed by atoms with Crippen LogP contribution in [-0.4, -0.2) is 27.6 Å². The van der Waals surface area contributed by atoms with Crippen molar-refractivity contribution in [1.82, 2.24) is 4.90 Å². The van der Waals surface area contributed by atoms with Gasteiger partial charge in [0.15, 0.2) is 5.84 Å². The first-order valence-electron chi connectivity index (χ1n) is 6.38. The minimum absolute atomic E-state index is 0.0490. The fraction of sp³-hybridized carbons (Fsp3) is 0.429. The van der Waals surface area contributed by atoms with Gasteiger partial charge in [-0.05, 0) is 31.9 Å². The van der Waals surface area contributed by atoms with Crippen molar-refractivity contribution in [3.63, 3.8) is 0 Å². The molecular formula is C14H19N3O3. The summed E-state index contributed by atoms with van der Waals surface area (Å²) in [6, 6.07) is 5.52. The molecule has 1 heterocycles. The van der Waals surface area contributed by atoms with Crippen molar-refractivity contribution in [3.05, 3.63) is 34.9 Å². The summed E-state index contributed by atoms with van der Waals surface area (Å²) in [6.07, 6.45) is -0.362. The lowest BCUT2D eigenvalue weighted by Crippen LogP contribution is -2.33. The molecule has 0 bridgehead atoms. The summed E-state index contributed by atoms with van der Waals surface area (Å²) in [5.74, 6) is 0.0490. The average Bonchev–Trinajstić information content (AvgIpc) is 2.79. The number of ether oxygens (including phenoxy) is 1. The maximum atomic E-state index is 12.1. The summed E-state index contributed by atoms with van der Waals surface area (Å²) in [7, 11) is 0. The highest BCUT2D eigenvalue weighted by Crippen LogP contribution is 2.27. The monoisotopic (exact) mass is 277 g/mol. The fourth-order valence-electron chi connectivity index (χ4n) is 2.17. The Labute approximate surface area is 117 Å². The highest BCUT2D eigenvalue weighted by Gasteiger charge is 2.29. The molecule has 0 radical (unpaired) electrons. The zero-order valence-corrected chi connectivity index (χ0v) is 11.9. The molecule has 20 heavy (non-hydrogen) atoms. The summed E-state index contributed by atoms with van der Waals surface area (Å²) < 4.78 is 5.36. The lowest BCUT2D eigenvalue weighted by molar-refractivity contribution is 0.0242. The molecule has 6 heteroatoms. The molecule has 0 saturated heterocycles. The van der Waals surface area contributed by atoms with Crippen molar-refractivity contribution in [1.29, 1.82) is 0 Å². The van der Waals surface area contributed by atoms with E-state index in [4.69, 9.17) is 15.7 Å². The lowest BCUT2D eigenvalue weighted by atomic mass is 10.0. The Hall–Kier alpha value is -2.24. The van der Waals surface area contributed by atoms with Gasteiger partial charge in [0.25, 0.3) is 0 Å². The summed E-state index contributed by atoms with van der Waals surface area (Å²) in [5.41, 5.74) is 7.66. The minimum atomic E-state index is -0.528. The first kappa shape index (κ1) is 14.2. The number of amides is 1. The Morgan fingerprint density at radius 2 is 2.10 bits per heavy atom. The minimum Gasteiger partial charge on any atom is -0.444 e. The maximum absolute atomic E-state index is 12.1. The van der Waals surface area contributed by atoms with Gasteiger partial charge in [0.2, 0.25) is 0 Å². The first-order chi connectivity index (χ1) is 9.31. The van der Waals surface area contributed by atoms with Crippen LogP contribution in [0.25, 0.3) is 0 Å². The highest BCUT2D eigenvalue weighted by atomic mass is 16.6. The van der Waals surface area contributed by atoms with E-state index in [1.807, 2.05) is 32.9 Å². The molecule has 0 atom stereocenters. The number of oxime groups is 1. The van der Waals surface area contributed by atoms with Crippen molar-refractivity contribution in [2.75, 3.05) is 0 Å². The van der Waals surface area contributed by atoms with Crippen LogP contribution >= 0.6 is 0 Å². The highest BCUT2D eigenvalue weighted by molar-refractivity contribution is 5.99. The fourth-order valence-corrected chi connectivity index (χ4v) is 2.17. The smallest absolute Gasteiger partial charge is 0.410 e. The van der Waals surface area contributed by atoms with Gasteiger partial charge in [0, 0.05) is 12.1 Å². The molecule has 1 aliphatic heterocycles. The third-order valence-electron chi connectivity index (χ3n) is 3.02. The molecular weight excluding hydrogens is 258 g/mol. The normalized spacial score (nSPS) is 15.2. The van der Waals surface area contributed by atoms with Gasteiger partial charge in [-0.25, -0.2) is 4.79 Å². The number of fused-ring (bicyclic) bond motifs is 1. The standard InChI is InChI=1S/C14H19N3O3/c1-14(2,3)20-13(18)17-7-9-5-4-6-10(11(9)8-17)12(15)16-19/h4-6,19H,7-8H2,1-3H3,(H2,15,16). The Kier molecular flexibility index (Phi) is 3.57. The van der Waals surface area contributed by atoms with Crippen LogP contribution in [0.1, 0.15) is 37.5 Å². The molecule has 1 aromatic rings. The molecule has 3 N–H and O–H groups in total. The van der Waals surface area contributed by atoms with E-state index in [1.54, 1.807) is 11.0 Å². The van der Waals surface area contributed by atoms with Crippen LogP contribution in [0.2, 0.25) is 0 Å². The van der Waals surface area contributed by atoms with Crippen LogP contribution in [0, 0.1) is 0 Å². The number of carbonyl (C=O) groups excluding carboxylic acids is 1. The van der Waals surface area contributed by atoms with Gasteiger partial charge in [-0.1, -0.05) is 23.4 Å². The van der Waals surface area contributed by atoms with E-state index in [-0.39, 0.29) is 11.9 Å². The van der Waals surface area contributed by atoms with E-state index in [1.165, 1.54) is 0 Å². The van der Waals surface area contributed by atoms with Gasteiger partial charge in [-0.15, -0.1) is 0 Å². The number of benzene rings is 1. The van der Waals surface area contributed by atoms with Crippen LogP contribution in [-0.2, 0) is 17.8 Å². The van der Waals surface area contributed by atoms with Gasteiger partial charge in [-0.3, -0.25) is 4.90 Å². The number of rotatable bonds is 1. The summed E-state index contributed by atoms with van der Waals surface area (Å²) in [6.45, 7) is 6.36. The second kappa shape index (κ2) is 5.03. The second-order valence-corrected chi connectivity index (χ2v) is 5.76. The molecule has 0 fully saturated rings. The van der Waals surface area contributed by atoms with Gasteiger partial charge < -0.3 is 15.7 Å². The predicted octanol–water partition coefficient (Wildman–Crippen LogP) is 2.03. The molecule has 1 aromatic carbocycles. The third kappa shape index (κ3) is 2.84. The first-order valence-corrected chi connectivity index (χ1v) is 6.38. The molecule has 0 spiro atoms. The lowest BCUT2D eigenvalue weighted by Gasteiger charge is -2.24. The number of nitrogens with zero attached hydrogens (tertiary/aromatic N) is 2. The van der Waals surface area contributed by atoms with Gasteiger partial charge in [0.05, 0.1) is 6.54 Å². The SMILES string of the molecule is CC(C)(C)OC(=O)N1Cc2cccc(/C(N)=N\O)c2C1. The molecule has 2 rings (SSSR count). The summed E-state index contributed by atoms with van der Waals surface area (Å²) in [4.78, 5) is 13.7. The Balaban J connectivity index is 2.22. The van der Waals surface area contributed by atoms with Crippen LogP contribution in [0.5, 0.6) is 0 Å². The summed E-state index contributed by atoms with van der Waals surface area (Å²) in [5, 5.41) is 11.8. The van der Waals surface area contributed by atoms with E-state index in [2.05, 4.69) is 5.16 Å². The molecule has 0 unspecified atom stereocenters. The molecule has 0 saturated carbocycles. The predicted molar refractivity (Wildman–Crippen MR) is 74.4 cm³/mol. The largest absolute Gasteiger partial charge is 0.444 e. The molecule has 1 aliphatic rings. The molecule has 108 valence electrons. The van der Waals surface area contributed by atoms with Crippen molar-refractivity contribution in [3.8, 4) is 0 Å². The number of amidine groups is 1. The maximum Gasteiger partial charge on any atom is 0.410 e. The molecule has 0 aromatic heterocycles. The quantitative estimate of drug-likeness (QED) is 0.356.